The summed E-state index contributed by atoms with van der Waals surface area (Å²) in [7, 11) is 1.78. The summed E-state index contributed by atoms with van der Waals surface area (Å²) < 4.78 is 5.58. The van der Waals surface area contributed by atoms with Crippen molar-refractivity contribution in [1.82, 2.24) is 0 Å². The van der Waals surface area contributed by atoms with Gasteiger partial charge in [0, 0.05) is 5.56 Å². The van der Waals surface area contributed by atoms with Gasteiger partial charge in [0.15, 0.2) is 0 Å². The average Bonchev–Trinajstić information content (AvgIpc) is 2.54. The Morgan fingerprint density at radius 3 is 2.86 bits per heavy atom. The Kier molecular flexibility index (Phi) is 3.34. The van der Waals surface area contributed by atoms with Crippen LogP contribution < -0.4 is 4.74 Å². The molecule has 1 fully saturated rings. The van der Waals surface area contributed by atoms with Crippen LogP contribution in [0.2, 0.25) is 0 Å². The summed E-state index contributed by atoms with van der Waals surface area (Å²) in [4.78, 5) is 0. The molecule has 2 heteroatoms. The number of hydrogen-bond donors (Lipinski definition) is 1. The highest BCUT2D eigenvalue weighted by molar-refractivity contribution is 5.76. The van der Waals surface area contributed by atoms with E-state index < -0.39 is 0 Å². The zero-order valence-electron chi connectivity index (χ0n) is 13.7. The first kappa shape index (κ1) is 14.3. The van der Waals surface area contributed by atoms with Crippen LogP contribution in [0.1, 0.15) is 56.6 Å². The van der Waals surface area contributed by atoms with Gasteiger partial charge in [-0.2, -0.15) is 0 Å². The fourth-order valence-electron chi connectivity index (χ4n) is 5.31. The maximum Gasteiger partial charge on any atom is 0.122 e. The molecule has 2 nitrogen and oxygen atoms in total. The van der Waals surface area contributed by atoms with Crippen LogP contribution in [0.15, 0.2) is 23.8 Å². The highest BCUT2D eigenvalue weighted by Crippen LogP contribution is 2.57. The van der Waals surface area contributed by atoms with E-state index in [9.17, 15) is 5.11 Å². The first-order valence-electron chi connectivity index (χ1n) is 8.70. The van der Waals surface area contributed by atoms with Crippen LogP contribution in [0.5, 0.6) is 5.75 Å². The fraction of sp³-hybridized carbons (Fsp3) is 0.600. The molecule has 0 aromatic heterocycles. The summed E-state index contributed by atoms with van der Waals surface area (Å²) in [5, 5.41) is 10.1. The van der Waals surface area contributed by atoms with E-state index in [0.717, 1.165) is 31.4 Å². The molecule has 0 heterocycles. The number of fused-ring (bicyclic) bond motifs is 4. The molecular formula is C20H26O2. The monoisotopic (exact) mass is 298 g/mol. The van der Waals surface area contributed by atoms with Crippen molar-refractivity contribution >= 4 is 5.57 Å². The number of benzene rings is 1. The first-order valence-corrected chi connectivity index (χ1v) is 8.70. The number of methoxy groups -OCH3 is 1. The molecule has 0 aliphatic heterocycles. The highest BCUT2D eigenvalue weighted by Gasteiger charge is 2.46. The van der Waals surface area contributed by atoms with Gasteiger partial charge in [0.05, 0.1) is 13.2 Å². The molecule has 0 amide bonds. The molecule has 0 spiro atoms. The Bertz CT molecular complexity index is 631. The zero-order chi connectivity index (χ0) is 15.3. The van der Waals surface area contributed by atoms with Crippen molar-refractivity contribution in [2.24, 2.45) is 11.3 Å². The van der Waals surface area contributed by atoms with Crippen LogP contribution in [0.3, 0.4) is 0 Å². The van der Waals surface area contributed by atoms with E-state index >= 15 is 0 Å². The summed E-state index contributed by atoms with van der Waals surface area (Å²) in [5.74, 6) is 1.72. The van der Waals surface area contributed by atoms with Crippen LogP contribution in [-0.4, -0.2) is 18.3 Å². The van der Waals surface area contributed by atoms with E-state index in [-0.39, 0.29) is 6.10 Å². The van der Waals surface area contributed by atoms with Gasteiger partial charge in [0.2, 0.25) is 0 Å². The van der Waals surface area contributed by atoms with Crippen molar-refractivity contribution in [2.45, 2.75) is 58.0 Å². The smallest absolute Gasteiger partial charge is 0.122 e. The van der Waals surface area contributed by atoms with Crippen LogP contribution in [0.25, 0.3) is 5.57 Å². The van der Waals surface area contributed by atoms with Crippen molar-refractivity contribution < 1.29 is 9.84 Å². The lowest BCUT2D eigenvalue weighted by Crippen LogP contribution is -2.41. The number of hydrogen-bond acceptors (Lipinski definition) is 2. The van der Waals surface area contributed by atoms with Crippen molar-refractivity contribution in [3.05, 3.63) is 34.9 Å². The lowest BCUT2D eigenvalue weighted by molar-refractivity contribution is 0.0290. The summed E-state index contributed by atoms with van der Waals surface area (Å²) in [6, 6.07) is 6.51. The molecule has 1 aromatic rings. The maximum absolute atomic E-state index is 10.1. The summed E-state index contributed by atoms with van der Waals surface area (Å²) in [6.45, 7) is 2.46. The van der Waals surface area contributed by atoms with E-state index in [0.29, 0.717) is 11.3 Å². The lowest BCUT2D eigenvalue weighted by Gasteiger charge is -2.50. The molecular weight excluding hydrogens is 272 g/mol. The molecule has 3 atom stereocenters. The predicted octanol–water partition coefficient (Wildman–Crippen LogP) is 4.36. The van der Waals surface area contributed by atoms with Crippen molar-refractivity contribution in [3.63, 3.8) is 0 Å². The summed E-state index contributed by atoms with van der Waals surface area (Å²) in [6.07, 6.45) is 7.71. The van der Waals surface area contributed by atoms with Gasteiger partial charge in [0.1, 0.15) is 5.75 Å². The highest BCUT2D eigenvalue weighted by atomic mass is 16.5. The van der Waals surface area contributed by atoms with Gasteiger partial charge in [-0.1, -0.05) is 24.6 Å². The largest absolute Gasteiger partial charge is 0.496 e. The molecule has 22 heavy (non-hydrogen) atoms. The Morgan fingerprint density at radius 1 is 1.18 bits per heavy atom. The second-order valence-corrected chi connectivity index (χ2v) is 7.52. The second-order valence-electron chi connectivity index (χ2n) is 7.52. The maximum atomic E-state index is 10.1. The van der Waals surface area contributed by atoms with E-state index in [1.54, 1.807) is 18.3 Å². The van der Waals surface area contributed by atoms with Gasteiger partial charge in [-0.15, -0.1) is 0 Å². The first-order chi connectivity index (χ1) is 10.6. The average molecular weight is 298 g/mol. The van der Waals surface area contributed by atoms with Gasteiger partial charge >= 0.3 is 0 Å². The fourth-order valence-corrected chi connectivity index (χ4v) is 5.31. The van der Waals surface area contributed by atoms with Gasteiger partial charge < -0.3 is 9.84 Å². The molecule has 1 N–H and O–H groups in total. The van der Waals surface area contributed by atoms with E-state index in [1.807, 2.05) is 0 Å². The second kappa shape index (κ2) is 5.13. The van der Waals surface area contributed by atoms with Crippen LogP contribution >= 0.6 is 0 Å². The molecule has 1 saturated carbocycles. The van der Waals surface area contributed by atoms with E-state index in [1.165, 1.54) is 30.4 Å². The molecule has 1 aromatic carbocycles. The molecule has 0 radical (unpaired) electrons. The quantitative estimate of drug-likeness (QED) is 0.835. The Morgan fingerprint density at radius 2 is 2.05 bits per heavy atom. The minimum Gasteiger partial charge on any atom is -0.496 e. The topological polar surface area (TPSA) is 29.5 Å². The standard InChI is InChI=1S/C20H26O2/c1-20-11-10-14(21)12-13(20)6-7-16-15-4-3-5-19(22-2)17(15)8-9-18(16)20/h3-5,13-14,21H,6-12H2,1-2H3. The van der Waals surface area contributed by atoms with Crippen LogP contribution in [0.4, 0.5) is 0 Å². The molecule has 3 aliphatic rings. The van der Waals surface area contributed by atoms with E-state index in [2.05, 4.69) is 25.1 Å². The van der Waals surface area contributed by atoms with Gasteiger partial charge in [-0.05, 0) is 73.5 Å². The minimum atomic E-state index is -0.0730. The Labute approximate surface area is 133 Å². The third-order valence-electron chi connectivity index (χ3n) is 6.55. The summed E-state index contributed by atoms with van der Waals surface area (Å²) in [5.41, 5.74) is 6.44. The molecule has 4 rings (SSSR count). The van der Waals surface area contributed by atoms with E-state index in [4.69, 9.17) is 4.74 Å². The summed E-state index contributed by atoms with van der Waals surface area (Å²) >= 11 is 0. The third-order valence-corrected chi connectivity index (χ3v) is 6.55. The predicted molar refractivity (Wildman–Crippen MR) is 88.9 cm³/mol. The Hall–Kier alpha value is -1.28. The van der Waals surface area contributed by atoms with Crippen molar-refractivity contribution in [1.29, 1.82) is 0 Å². The third kappa shape index (κ3) is 1.96. The van der Waals surface area contributed by atoms with Crippen molar-refractivity contribution in [2.75, 3.05) is 7.11 Å². The molecule has 0 bridgehead atoms. The molecule has 118 valence electrons. The molecule has 3 aliphatic carbocycles. The molecule has 3 unspecified atom stereocenters. The lowest BCUT2D eigenvalue weighted by atomic mass is 9.55. The van der Waals surface area contributed by atoms with Crippen molar-refractivity contribution in [3.8, 4) is 5.75 Å². The zero-order valence-corrected chi connectivity index (χ0v) is 13.7. The molecule has 0 saturated heterocycles. The SMILES string of the molecule is COc1cccc2c1CCC1=C2CCC2CC(O)CCC12C. The normalized spacial score (nSPS) is 33.8. The van der Waals surface area contributed by atoms with Gasteiger partial charge in [-0.25, -0.2) is 0 Å². The minimum absolute atomic E-state index is 0.0730. The Balaban J connectivity index is 1.81. The number of aliphatic hydroxyl groups is 1. The van der Waals surface area contributed by atoms with Gasteiger partial charge in [-0.3, -0.25) is 0 Å². The number of rotatable bonds is 1. The number of allylic oxidation sites excluding steroid dienone is 2. The van der Waals surface area contributed by atoms with Crippen LogP contribution in [0, 0.1) is 11.3 Å². The van der Waals surface area contributed by atoms with Gasteiger partial charge in [0.25, 0.3) is 0 Å². The van der Waals surface area contributed by atoms with Crippen LogP contribution in [-0.2, 0) is 6.42 Å². The number of ether oxygens (including phenoxy) is 1. The number of aliphatic hydroxyl groups excluding tert-OH is 1.